The third-order valence-corrected chi connectivity index (χ3v) is 5.77. The van der Waals surface area contributed by atoms with Gasteiger partial charge in [-0.1, -0.05) is 78.9 Å². The molecule has 0 N–H and O–H groups in total. The second-order valence-electron chi connectivity index (χ2n) is 7.51. The predicted octanol–water partition coefficient (Wildman–Crippen LogP) is 6.56. The van der Waals surface area contributed by atoms with Gasteiger partial charge in [-0.25, -0.2) is 0 Å². The quantitative estimate of drug-likeness (QED) is 0.345. The van der Waals surface area contributed by atoms with Crippen molar-refractivity contribution in [2.24, 2.45) is 0 Å². The number of hydrogen-bond acceptors (Lipinski definition) is 3. The van der Waals surface area contributed by atoms with E-state index in [0.717, 1.165) is 11.1 Å². The summed E-state index contributed by atoms with van der Waals surface area (Å²) >= 11 is 0. The molecule has 0 amide bonds. The van der Waals surface area contributed by atoms with Gasteiger partial charge in [0.1, 0.15) is 0 Å². The van der Waals surface area contributed by atoms with Crippen molar-refractivity contribution in [1.82, 2.24) is 10.2 Å². The van der Waals surface area contributed by atoms with Gasteiger partial charge < -0.3 is 4.42 Å². The fraction of sp³-hybridized carbons (Fsp3) is 0.0370. The van der Waals surface area contributed by atoms with Crippen LogP contribution in [0.2, 0.25) is 0 Å². The molecule has 1 aliphatic rings. The monoisotopic (exact) mass is 386 g/mol. The molecule has 5 aromatic rings. The maximum absolute atomic E-state index is 5.91. The molecule has 0 atom stereocenters. The minimum Gasteiger partial charge on any atom is -0.416 e. The second-order valence-corrected chi connectivity index (χ2v) is 7.51. The first-order chi connectivity index (χ1) is 14.9. The highest BCUT2D eigenvalue weighted by molar-refractivity contribution is 5.80. The number of benzene rings is 4. The van der Waals surface area contributed by atoms with Gasteiger partial charge in [-0.05, 0) is 52.1 Å². The number of hydrogen-bond donors (Lipinski definition) is 0. The van der Waals surface area contributed by atoms with Crippen LogP contribution in [0.5, 0.6) is 0 Å². The largest absolute Gasteiger partial charge is 0.416 e. The van der Waals surface area contributed by atoms with Gasteiger partial charge in [-0.15, -0.1) is 10.2 Å². The van der Waals surface area contributed by atoms with Crippen molar-refractivity contribution in [2.45, 2.75) is 5.92 Å². The molecule has 0 unspecified atom stereocenters. The summed E-state index contributed by atoms with van der Waals surface area (Å²) in [7, 11) is 0. The topological polar surface area (TPSA) is 38.9 Å². The van der Waals surface area contributed by atoms with Crippen LogP contribution in [-0.2, 0) is 0 Å². The molecule has 4 aromatic carbocycles. The minimum absolute atomic E-state index is 0.244. The molecule has 0 saturated carbocycles. The van der Waals surface area contributed by atoms with Crippen LogP contribution in [0.15, 0.2) is 108 Å². The van der Waals surface area contributed by atoms with E-state index >= 15 is 0 Å². The van der Waals surface area contributed by atoms with Crippen molar-refractivity contribution in [3.8, 4) is 34.0 Å². The Morgan fingerprint density at radius 2 is 1.00 bits per heavy atom. The van der Waals surface area contributed by atoms with E-state index in [1.165, 1.54) is 27.8 Å². The van der Waals surface area contributed by atoms with Crippen LogP contribution in [0.3, 0.4) is 0 Å². The minimum atomic E-state index is 0.244. The first kappa shape index (κ1) is 16.9. The van der Waals surface area contributed by atoms with Gasteiger partial charge in [0.05, 0.1) is 0 Å². The zero-order chi connectivity index (χ0) is 19.9. The van der Waals surface area contributed by atoms with Crippen LogP contribution < -0.4 is 0 Å². The van der Waals surface area contributed by atoms with Gasteiger partial charge in [-0.3, -0.25) is 0 Å². The molecule has 30 heavy (non-hydrogen) atoms. The SMILES string of the molecule is c1ccc(-c2nnc(-c3ccc(C4c5ccccc5-c5ccccc54)cc3)o2)cc1. The molecule has 0 spiro atoms. The fourth-order valence-electron chi connectivity index (χ4n) is 4.37. The van der Waals surface area contributed by atoms with E-state index in [-0.39, 0.29) is 5.92 Å². The smallest absolute Gasteiger partial charge is 0.248 e. The van der Waals surface area contributed by atoms with E-state index in [4.69, 9.17) is 4.42 Å². The van der Waals surface area contributed by atoms with Crippen molar-refractivity contribution < 1.29 is 4.42 Å². The molecular weight excluding hydrogens is 368 g/mol. The molecule has 1 heterocycles. The Labute approximate surface area is 174 Å². The summed E-state index contributed by atoms with van der Waals surface area (Å²) in [5.74, 6) is 1.31. The van der Waals surface area contributed by atoms with E-state index in [1.807, 2.05) is 30.3 Å². The summed E-state index contributed by atoms with van der Waals surface area (Å²) in [5.41, 5.74) is 8.48. The molecule has 1 aromatic heterocycles. The third kappa shape index (κ3) is 2.67. The summed E-state index contributed by atoms with van der Waals surface area (Å²) < 4.78 is 5.91. The second kappa shape index (κ2) is 6.82. The highest BCUT2D eigenvalue weighted by atomic mass is 16.4. The third-order valence-electron chi connectivity index (χ3n) is 5.77. The molecule has 0 aliphatic heterocycles. The highest BCUT2D eigenvalue weighted by Gasteiger charge is 2.29. The van der Waals surface area contributed by atoms with Gasteiger partial charge in [0.2, 0.25) is 11.8 Å². The summed E-state index contributed by atoms with van der Waals surface area (Å²) in [4.78, 5) is 0. The lowest BCUT2D eigenvalue weighted by Gasteiger charge is -2.14. The van der Waals surface area contributed by atoms with E-state index < -0.39 is 0 Å². The van der Waals surface area contributed by atoms with Gasteiger partial charge >= 0.3 is 0 Å². The van der Waals surface area contributed by atoms with Gasteiger partial charge in [0.25, 0.3) is 0 Å². The standard InChI is InChI=1S/C27H18N2O/c1-2-8-19(9-3-1)26-28-29-27(30-26)20-16-14-18(15-17-20)25-23-12-6-4-10-21(23)22-11-5-7-13-24(22)25/h1-17,25H. The molecule has 0 radical (unpaired) electrons. The van der Waals surface area contributed by atoms with Crippen LogP contribution in [0, 0.1) is 0 Å². The molecule has 142 valence electrons. The summed E-state index contributed by atoms with van der Waals surface area (Å²) in [6.45, 7) is 0. The Bertz CT molecular complexity index is 1290. The van der Waals surface area contributed by atoms with E-state index in [1.54, 1.807) is 0 Å². The van der Waals surface area contributed by atoms with Crippen LogP contribution in [0.25, 0.3) is 34.0 Å². The first-order valence-electron chi connectivity index (χ1n) is 10.1. The van der Waals surface area contributed by atoms with Gasteiger partial charge in [0, 0.05) is 17.0 Å². The highest BCUT2D eigenvalue weighted by Crippen LogP contribution is 2.47. The van der Waals surface area contributed by atoms with Crippen molar-refractivity contribution in [3.05, 3.63) is 120 Å². The van der Waals surface area contributed by atoms with Crippen molar-refractivity contribution >= 4 is 0 Å². The Hall–Kier alpha value is -3.98. The Balaban J connectivity index is 1.37. The zero-order valence-electron chi connectivity index (χ0n) is 16.2. The van der Waals surface area contributed by atoms with Gasteiger partial charge in [0.15, 0.2) is 0 Å². The summed E-state index contributed by atoms with van der Waals surface area (Å²) in [6, 6.07) is 35.7. The van der Waals surface area contributed by atoms with Crippen LogP contribution in [-0.4, -0.2) is 10.2 Å². The van der Waals surface area contributed by atoms with Crippen LogP contribution in [0.4, 0.5) is 0 Å². The molecular formula is C27H18N2O. The lowest BCUT2D eigenvalue weighted by Crippen LogP contribution is -1.98. The Morgan fingerprint density at radius 3 is 1.60 bits per heavy atom. The summed E-state index contributed by atoms with van der Waals surface area (Å²) in [5, 5.41) is 8.45. The fourth-order valence-corrected chi connectivity index (χ4v) is 4.37. The lowest BCUT2D eigenvalue weighted by atomic mass is 9.89. The predicted molar refractivity (Wildman–Crippen MR) is 118 cm³/mol. The van der Waals surface area contributed by atoms with Crippen LogP contribution in [0.1, 0.15) is 22.6 Å². The zero-order valence-corrected chi connectivity index (χ0v) is 16.2. The average Bonchev–Trinajstić information content (AvgIpc) is 3.43. The van der Waals surface area contributed by atoms with Crippen LogP contribution >= 0.6 is 0 Å². The molecule has 3 heteroatoms. The first-order valence-corrected chi connectivity index (χ1v) is 10.1. The molecule has 0 saturated heterocycles. The summed E-state index contributed by atoms with van der Waals surface area (Å²) in [6.07, 6.45) is 0. The number of rotatable bonds is 3. The Morgan fingerprint density at radius 1 is 0.500 bits per heavy atom. The molecule has 6 rings (SSSR count). The van der Waals surface area contributed by atoms with E-state index in [0.29, 0.717) is 11.8 Å². The number of fused-ring (bicyclic) bond motifs is 3. The van der Waals surface area contributed by atoms with Crippen molar-refractivity contribution in [2.75, 3.05) is 0 Å². The van der Waals surface area contributed by atoms with Crippen molar-refractivity contribution in [3.63, 3.8) is 0 Å². The van der Waals surface area contributed by atoms with Crippen molar-refractivity contribution in [1.29, 1.82) is 0 Å². The van der Waals surface area contributed by atoms with E-state index in [9.17, 15) is 0 Å². The Kier molecular flexibility index (Phi) is 3.85. The average molecular weight is 386 g/mol. The number of nitrogens with zero attached hydrogens (tertiary/aromatic N) is 2. The molecule has 0 bridgehead atoms. The van der Waals surface area contributed by atoms with E-state index in [2.05, 4.69) is 83.0 Å². The number of aromatic nitrogens is 2. The maximum atomic E-state index is 5.91. The normalized spacial score (nSPS) is 12.5. The molecule has 1 aliphatic carbocycles. The molecule has 3 nitrogen and oxygen atoms in total. The van der Waals surface area contributed by atoms with Gasteiger partial charge in [-0.2, -0.15) is 0 Å². The maximum Gasteiger partial charge on any atom is 0.248 e. The lowest BCUT2D eigenvalue weighted by molar-refractivity contribution is 0.584. The molecule has 0 fully saturated rings.